The fourth-order valence-electron chi connectivity index (χ4n) is 5.29. The summed E-state index contributed by atoms with van der Waals surface area (Å²) >= 11 is 1.56. The van der Waals surface area contributed by atoms with Crippen molar-refractivity contribution in [1.82, 2.24) is 4.98 Å². The van der Waals surface area contributed by atoms with E-state index in [-0.39, 0.29) is 29.8 Å². The van der Waals surface area contributed by atoms with E-state index < -0.39 is 35.4 Å². The highest BCUT2D eigenvalue weighted by Crippen LogP contribution is 2.45. The number of nitrogens with zero attached hydrogens (tertiary/aromatic N) is 2. The first-order valence-electron chi connectivity index (χ1n) is 12.9. The number of aromatic nitrogens is 1. The van der Waals surface area contributed by atoms with Gasteiger partial charge in [-0.1, -0.05) is 34.1 Å². The van der Waals surface area contributed by atoms with Crippen LogP contribution in [-0.4, -0.2) is 45.8 Å². The van der Waals surface area contributed by atoms with E-state index in [1.807, 2.05) is 32.2 Å². The molecule has 2 saturated heterocycles. The Morgan fingerprint density at radius 1 is 1.31 bits per heavy atom. The van der Waals surface area contributed by atoms with Gasteiger partial charge in [-0.25, -0.2) is 4.98 Å². The predicted octanol–water partition coefficient (Wildman–Crippen LogP) is 5.26. The van der Waals surface area contributed by atoms with Gasteiger partial charge in [0.05, 0.1) is 46.9 Å². The summed E-state index contributed by atoms with van der Waals surface area (Å²) in [6.07, 6.45) is 3.32. The van der Waals surface area contributed by atoms with Gasteiger partial charge in [-0.3, -0.25) is 9.59 Å². The van der Waals surface area contributed by atoms with Crippen LogP contribution in [0.2, 0.25) is 0 Å². The SMILES string of the molecule is C/C(=C\c1csc(C)n1)[C@@H]1C[C@@H]2O[C@]2(C)CCC[C@H](C)C(O)[C@@H](C)C(=O)C(C)(C)[C@@H](C#N)CC(=O)O1. The average molecular weight is 517 g/mol. The molecule has 2 aliphatic heterocycles. The molecule has 0 spiro atoms. The van der Waals surface area contributed by atoms with Crippen LogP contribution in [0.3, 0.4) is 0 Å². The van der Waals surface area contributed by atoms with Crippen LogP contribution in [0.4, 0.5) is 0 Å². The molecular weight excluding hydrogens is 476 g/mol. The highest BCUT2D eigenvalue weighted by Gasteiger charge is 2.53. The number of rotatable bonds is 2. The lowest BCUT2D eigenvalue weighted by atomic mass is 9.69. The van der Waals surface area contributed by atoms with E-state index in [4.69, 9.17) is 9.47 Å². The largest absolute Gasteiger partial charge is 0.458 e. The van der Waals surface area contributed by atoms with Gasteiger partial charge in [0, 0.05) is 23.1 Å². The van der Waals surface area contributed by atoms with Crippen LogP contribution >= 0.6 is 11.3 Å². The standard InChI is InChI=1S/C28H40N2O5S/c1-16-9-8-10-28(7)23(35-28)13-22(17(2)11-21-15-36-19(4)30-21)34-24(31)12-20(14-29)27(5,6)26(33)18(3)25(16)32/h11,15-16,18,20,22-23,25,32H,8-10,12-13H2,1-7H3/b17-11+/t16-,18+,20+,22-,23-,25?,28+/m0/s1. The lowest BCUT2D eigenvalue weighted by molar-refractivity contribution is -0.150. The lowest BCUT2D eigenvalue weighted by Gasteiger charge is -2.34. The van der Waals surface area contributed by atoms with Crippen molar-refractivity contribution < 1.29 is 24.2 Å². The summed E-state index contributed by atoms with van der Waals surface area (Å²) in [6.45, 7) is 13.0. The van der Waals surface area contributed by atoms with Gasteiger partial charge in [-0.2, -0.15) is 5.26 Å². The fraction of sp³-hybridized carbons (Fsp3) is 0.714. The van der Waals surface area contributed by atoms with Gasteiger partial charge in [-0.05, 0) is 51.2 Å². The fourth-order valence-corrected chi connectivity index (χ4v) is 5.86. The monoisotopic (exact) mass is 516 g/mol. The molecule has 0 amide bonds. The Bertz CT molecular complexity index is 1040. The van der Waals surface area contributed by atoms with E-state index in [2.05, 4.69) is 18.0 Å². The number of hydrogen-bond donors (Lipinski definition) is 1. The molecule has 3 heterocycles. The van der Waals surface area contributed by atoms with Gasteiger partial charge in [0.15, 0.2) is 0 Å². The van der Waals surface area contributed by atoms with Crippen LogP contribution < -0.4 is 0 Å². The molecule has 0 saturated carbocycles. The van der Waals surface area contributed by atoms with Crippen LogP contribution in [0.1, 0.15) is 84.3 Å². The molecule has 3 rings (SSSR count). The van der Waals surface area contributed by atoms with Gasteiger partial charge < -0.3 is 14.6 Å². The Morgan fingerprint density at radius 3 is 2.61 bits per heavy atom. The first kappa shape index (κ1) is 28.5. The Balaban J connectivity index is 1.89. The highest BCUT2D eigenvalue weighted by atomic mass is 32.1. The molecule has 1 aromatic heterocycles. The topological polar surface area (TPSA) is 113 Å². The van der Waals surface area contributed by atoms with E-state index in [9.17, 15) is 20.0 Å². The van der Waals surface area contributed by atoms with E-state index in [0.717, 1.165) is 35.5 Å². The number of Topliss-reactive ketones (excluding diaryl/α,β-unsaturated/α-hetero) is 1. The van der Waals surface area contributed by atoms with E-state index in [1.165, 1.54) is 0 Å². The minimum absolute atomic E-state index is 0.0485. The molecule has 0 bridgehead atoms. The molecule has 1 aromatic rings. The van der Waals surface area contributed by atoms with E-state index in [0.29, 0.717) is 6.42 Å². The second-order valence-corrected chi connectivity index (χ2v) is 12.5. The van der Waals surface area contributed by atoms with Crippen LogP contribution in [0.25, 0.3) is 6.08 Å². The number of aryl methyl sites for hydroxylation is 1. The van der Waals surface area contributed by atoms with Crippen molar-refractivity contribution in [3.63, 3.8) is 0 Å². The summed E-state index contributed by atoms with van der Waals surface area (Å²) in [4.78, 5) is 31.0. The quantitative estimate of drug-likeness (QED) is 0.421. The number of hydrogen-bond acceptors (Lipinski definition) is 8. The number of cyclic esters (lactones) is 1. The van der Waals surface area contributed by atoms with Crippen molar-refractivity contribution in [2.45, 2.75) is 104 Å². The number of thiazole rings is 1. The maximum atomic E-state index is 13.4. The van der Waals surface area contributed by atoms with Crippen molar-refractivity contribution in [1.29, 1.82) is 5.26 Å². The number of fused-ring (bicyclic) bond motifs is 1. The maximum absolute atomic E-state index is 13.4. The number of ether oxygens (including phenoxy) is 2. The molecule has 1 unspecified atom stereocenters. The van der Waals surface area contributed by atoms with Crippen LogP contribution in [0, 0.1) is 41.4 Å². The zero-order chi connectivity index (χ0) is 26.8. The zero-order valence-corrected chi connectivity index (χ0v) is 23.4. The van der Waals surface area contributed by atoms with Crippen LogP contribution in [0.5, 0.6) is 0 Å². The Labute approximate surface area is 218 Å². The molecule has 36 heavy (non-hydrogen) atoms. The number of aliphatic hydroxyl groups is 1. The summed E-state index contributed by atoms with van der Waals surface area (Å²) in [5, 5.41) is 23.7. The summed E-state index contributed by atoms with van der Waals surface area (Å²) in [5.41, 5.74) is 0.270. The summed E-state index contributed by atoms with van der Waals surface area (Å²) in [6, 6.07) is 2.16. The number of nitriles is 1. The third-order valence-electron chi connectivity index (χ3n) is 8.13. The third kappa shape index (κ3) is 6.42. The number of aliphatic hydroxyl groups excluding tert-OH is 1. The lowest BCUT2D eigenvalue weighted by Crippen LogP contribution is -2.43. The Morgan fingerprint density at radius 2 is 2.00 bits per heavy atom. The second kappa shape index (κ2) is 11.1. The number of carbonyl (C=O) groups is 2. The molecule has 198 valence electrons. The van der Waals surface area contributed by atoms with Crippen LogP contribution in [-0.2, 0) is 19.1 Å². The molecular formula is C28H40N2O5S. The summed E-state index contributed by atoms with van der Waals surface area (Å²) < 4.78 is 12.0. The summed E-state index contributed by atoms with van der Waals surface area (Å²) in [5.74, 6) is -2.32. The average Bonchev–Trinajstić information content (AvgIpc) is 3.26. The molecule has 7 nitrogen and oxygen atoms in total. The molecule has 2 fully saturated rings. The van der Waals surface area contributed by atoms with Gasteiger partial charge in [-0.15, -0.1) is 11.3 Å². The van der Waals surface area contributed by atoms with Gasteiger partial charge in [0.25, 0.3) is 0 Å². The maximum Gasteiger partial charge on any atom is 0.307 e. The van der Waals surface area contributed by atoms with Gasteiger partial charge in [0.1, 0.15) is 11.9 Å². The number of ketones is 1. The molecule has 2 aliphatic rings. The van der Waals surface area contributed by atoms with Crippen molar-refractivity contribution in [2.24, 2.45) is 23.2 Å². The molecule has 0 aromatic carbocycles. The summed E-state index contributed by atoms with van der Waals surface area (Å²) in [7, 11) is 0. The van der Waals surface area contributed by atoms with Crippen molar-refractivity contribution in [2.75, 3.05) is 0 Å². The smallest absolute Gasteiger partial charge is 0.307 e. The molecule has 7 atom stereocenters. The molecule has 0 radical (unpaired) electrons. The number of epoxide rings is 1. The van der Waals surface area contributed by atoms with Crippen molar-refractivity contribution in [3.8, 4) is 6.07 Å². The minimum Gasteiger partial charge on any atom is -0.458 e. The highest BCUT2D eigenvalue weighted by molar-refractivity contribution is 7.09. The normalized spacial score (nSPS) is 36.5. The van der Waals surface area contributed by atoms with Crippen LogP contribution in [0.15, 0.2) is 11.0 Å². The van der Waals surface area contributed by atoms with E-state index >= 15 is 0 Å². The van der Waals surface area contributed by atoms with Gasteiger partial charge >= 0.3 is 5.97 Å². The Kier molecular flexibility index (Phi) is 8.80. The number of esters is 1. The third-order valence-corrected chi connectivity index (χ3v) is 8.92. The van der Waals surface area contributed by atoms with Crippen molar-refractivity contribution in [3.05, 3.63) is 21.7 Å². The predicted molar refractivity (Wildman–Crippen MR) is 139 cm³/mol. The van der Waals surface area contributed by atoms with Gasteiger partial charge in [0.2, 0.25) is 0 Å². The molecule has 1 N–H and O–H groups in total. The van der Waals surface area contributed by atoms with E-state index in [1.54, 1.807) is 32.1 Å². The minimum atomic E-state index is -1.11. The first-order valence-corrected chi connectivity index (χ1v) is 13.8. The number of carbonyl (C=O) groups excluding carboxylic acids is 2. The molecule has 0 aliphatic carbocycles. The van der Waals surface area contributed by atoms with Crippen molar-refractivity contribution >= 4 is 29.2 Å². The second-order valence-electron chi connectivity index (χ2n) is 11.4. The zero-order valence-electron chi connectivity index (χ0n) is 22.5. The Hall–Kier alpha value is -2.08. The first-order chi connectivity index (χ1) is 16.8. The molecule has 8 heteroatoms.